The Bertz CT molecular complexity index is 363. The number of rotatable bonds is 0. The summed E-state index contributed by atoms with van der Waals surface area (Å²) >= 11 is 0. The highest BCUT2D eigenvalue weighted by Gasteiger charge is 2.36. The number of halogens is 1. The van der Waals surface area contributed by atoms with Gasteiger partial charge in [-0.2, -0.15) is 0 Å². The molecule has 15 heavy (non-hydrogen) atoms. The van der Waals surface area contributed by atoms with E-state index in [9.17, 15) is 4.48 Å². The van der Waals surface area contributed by atoms with Crippen molar-refractivity contribution in [3.05, 3.63) is 35.4 Å². The second kappa shape index (κ2) is 3.60. The monoisotopic (exact) mass is 205 g/mol. The average Bonchev–Trinajstić information content (AvgIpc) is 2.29. The van der Waals surface area contributed by atoms with Gasteiger partial charge in [0.1, 0.15) is 0 Å². The van der Waals surface area contributed by atoms with Gasteiger partial charge in [-0.25, -0.2) is 0 Å². The molecule has 1 aliphatic heterocycles. The minimum Gasteiger partial charge on any atom is -0.143 e. The van der Waals surface area contributed by atoms with Crippen LogP contribution in [0.25, 0.3) is 0 Å². The number of piperidine rings is 1. The van der Waals surface area contributed by atoms with E-state index in [1.807, 2.05) is 0 Å². The Morgan fingerprint density at radius 1 is 1.20 bits per heavy atom. The number of aryl methyl sites for hydroxylation is 1. The summed E-state index contributed by atoms with van der Waals surface area (Å²) in [5.41, 5.74) is 2.84. The fourth-order valence-corrected chi connectivity index (χ4v) is 3.15. The molecule has 2 heteroatoms. The van der Waals surface area contributed by atoms with Crippen molar-refractivity contribution in [2.24, 2.45) is 0 Å². The van der Waals surface area contributed by atoms with Crippen molar-refractivity contribution in [3.63, 3.8) is 0 Å². The Hall–Kier alpha value is -0.890. The highest BCUT2D eigenvalue weighted by atomic mass is 19.2. The zero-order valence-electron chi connectivity index (χ0n) is 8.82. The lowest BCUT2D eigenvalue weighted by atomic mass is 9.75. The van der Waals surface area contributed by atoms with E-state index in [0.717, 1.165) is 30.8 Å². The maximum atomic E-state index is 13.6. The zero-order valence-corrected chi connectivity index (χ0v) is 8.82. The minimum atomic E-state index is 0.147. The summed E-state index contributed by atoms with van der Waals surface area (Å²) in [4.78, 5) is 0. The molecule has 3 rings (SSSR count). The van der Waals surface area contributed by atoms with Crippen LogP contribution in [0.5, 0.6) is 0 Å². The van der Waals surface area contributed by atoms with Gasteiger partial charge in [0.2, 0.25) is 0 Å². The molecule has 2 unspecified atom stereocenters. The maximum Gasteiger partial charge on any atom is 0.0474 e. The number of fused-ring (bicyclic) bond motifs is 3. The first kappa shape index (κ1) is 9.34. The van der Waals surface area contributed by atoms with Gasteiger partial charge in [-0.3, -0.25) is 0 Å². The first-order valence-electron chi connectivity index (χ1n) is 5.86. The van der Waals surface area contributed by atoms with Crippen LogP contribution in [0.4, 0.5) is 4.48 Å². The van der Waals surface area contributed by atoms with Gasteiger partial charge in [0.05, 0.1) is 0 Å². The molecule has 2 atom stereocenters. The first-order chi connectivity index (χ1) is 7.36. The van der Waals surface area contributed by atoms with Crippen LogP contribution in [0.1, 0.15) is 36.3 Å². The lowest BCUT2D eigenvalue weighted by Crippen LogP contribution is -2.41. The molecular weight excluding hydrogens is 189 g/mol. The molecule has 0 radical (unpaired) electrons. The summed E-state index contributed by atoms with van der Waals surface area (Å²) in [6, 6.07) is 8.70. The topological polar surface area (TPSA) is 3.24 Å². The fourth-order valence-electron chi connectivity index (χ4n) is 3.15. The molecule has 0 amide bonds. The Kier molecular flexibility index (Phi) is 2.24. The number of hydrogen-bond acceptors (Lipinski definition) is 1. The molecule has 0 aromatic heterocycles. The van der Waals surface area contributed by atoms with Crippen molar-refractivity contribution >= 4 is 0 Å². The Labute approximate surface area is 89.8 Å². The van der Waals surface area contributed by atoms with Crippen molar-refractivity contribution < 1.29 is 4.48 Å². The number of nitrogens with zero attached hydrogens (tertiary/aromatic N) is 1. The highest BCUT2D eigenvalue weighted by Crippen LogP contribution is 2.40. The quantitative estimate of drug-likeness (QED) is 0.588. The van der Waals surface area contributed by atoms with Gasteiger partial charge in [-0.05, 0) is 36.8 Å². The van der Waals surface area contributed by atoms with E-state index in [0.29, 0.717) is 12.5 Å². The summed E-state index contributed by atoms with van der Waals surface area (Å²) in [6.07, 6.45) is 4.17. The molecule has 80 valence electrons. The molecule has 1 aliphatic carbocycles. The smallest absolute Gasteiger partial charge is 0.0474 e. The summed E-state index contributed by atoms with van der Waals surface area (Å²) < 4.78 is 13.6. The summed E-state index contributed by atoms with van der Waals surface area (Å²) in [5, 5.41) is 1.07. The SMILES string of the molecule is FN1CCCC2c3ccccc3CCC21. The predicted octanol–water partition coefficient (Wildman–Crippen LogP) is 3.07. The average molecular weight is 205 g/mol. The number of benzene rings is 1. The van der Waals surface area contributed by atoms with Crippen LogP contribution in [0, 0.1) is 0 Å². The second-order valence-electron chi connectivity index (χ2n) is 4.68. The Morgan fingerprint density at radius 3 is 3.00 bits per heavy atom. The van der Waals surface area contributed by atoms with Crippen LogP contribution in [-0.2, 0) is 6.42 Å². The molecule has 0 saturated carbocycles. The van der Waals surface area contributed by atoms with Gasteiger partial charge in [-0.1, -0.05) is 24.3 Å². The first-order valence-corrected chi connectivity index (χ1v) is 5.86. The lowest BCUT2D eigenvalue weighted by Gasteiger charge is -2.40. The van der Waals surface area contributed by atoms with Crippen LogP contribution >= 0.6 is 0 Å². The lowest BCUT2D eigenvalue weighted by molar-refractivity contribution is -0.0599. The van der Waals surface area contributed by atoms with Crippen molar-refractivity contribution in [1.82, 2.24) is 5.12 Å². The number of hydrogen-bond donors (Lipinski definition) is 0. The highest BCUT2D eigenvalue weighted by molar-refractivity contribution is 5.34. The van der Waals surface area contributed by atoms with Gasteiger partial charge < -0.3 is 0 Å². The van der Waals surface area contributed by atoms with Gasteiger partial charge in [0.25, 0.3) is 0 Å². The molecule has 2 aliphatic rings. The van der Waals surface area contributed by atoms with Crippen LogP contribution in [-0.4, -0.2) is 17.7 Å². The third-order valence-electron chi connectivity index (χ3n) is 3.88. The van der Waals surface area contributed by atoms with Gasteiger partial charge in [0.15, 0.2) is 0 Å². The third-order valence-corrected chi connectivity index (χ3v) is 3.88. The molecule has 1 saturated heterocycles. The van der Waals surface area contributed by atoms with E-state index in [1.165, 1.54) is 11.1 Å². The van der Waals surface area contributed by atoms with Crippen molar-refractivity contribution in [3.8, 4) is 0 Å². The molecule has 0 N–H and O–H groups in total. The second-order valence-corrected chi connectivity index (χ2v) is 4.68. The van der Waals surface area contributed by atoms with Crippen LogP contribution in [0.3, 0.4) is 0 Å². The van der Waals surface area contributed by atoms with Crippen LogP contribution < -0.4 is 0 Å². The third kappa shape index (κ3) is 1.48. The standard InChI is InChI=1S/C13H16FN/c14-15-9-3-6-12-11-5-2-1-4-10(11)7-8-13(12)15/h1-2,4-5,12-13H,3,6-9H2. The van der Waals surface area contributed by atoms with Crippen molar-refractivity contribution in [1.29, 1.82) is 0 Å². The summed E-state index contributed by atoms with van der Waals surface area (Å²) in [6.45, 7) is 0.628. The van der Waals surface area contributed by atoms with E-state index < -0.39 is 0 Å². The van der Waals surface area contributed by atoms with Crippen LogP contribution in [0.2, 0.25) is 0 Å². The van der Waals surface area contributed by atoms with E-state index >= 15 is 0 Å². The molecule has 1 fully saturated rings. The molecular formula is C13H16FN. The van der Waals surface area contributed by atoms with E-state index in [2.05, 4.69) is 24.3 Å². The molecule has 0 spiro atoms. The minimum absolute atomic E-state index is 0.147. The predicted molar refractivity (Wildman–Crippen MR) is 58.3 cm³/mol. The van der Waals surface area contributed by atoms with Crippen molar-refractivity contribution in [2.45, 2.75) is 37.6 Å². The molecule has 1 nitrogen and oxygen atoms in total. The summed E-state index contributed by atoms with van der Waals surface area (Å²) in [5.74, 6) is 0.439. The molecule has 1 aromatic rings. The van der Waals surface area contributed by atoms with E-state index in [-0.39, 0.29) is 6.04 Å². The van der Waals surface area contributed by atoms with Gasteiger partial charge >= 0.3 is 0 Å². The van der Waals surface area contributed by atoms with Crippen LogP contribution in [0.15, 0.2) is 24.3 Å². The van der Waals surface area contributed by atoms with Crippen molar-refractivity contribution in [2.75, 3.05) is 6.54 Å². The molecule has 1 heterocycles. The Morgan fingerprint density at radius 2 is 2.07 bits per heavy atom. The normalized spacial score (nSPS) is 30.7. The van der Waals surface area contributed by atoms with E-state index in [1.54, 1.807) is 0 Å². The Balaban J connectivity index is 1.99. The van der Waals surface area contributed by atoms with Gasteiger partial charge in [0, 0.05) is 18.5 Å². The zero-order chi connectivity index (χ0) is 10.3. The summed E-state index contributed by atoms with van der Waals surface area (Å²) in [7, 11) is 0. The largest absolute Gasteiger partial charge is 0.143 e. The molecule has 1 aromatic carbocycles. The van der Waals surface area contributed by atoms with E-state index in [4.69, 9.17) is 0 Å². The van der Waals surface area contributed by atoms with Gasteiger partial charge in [-0.15, -0.1) is 9.60 Å². The molecule has 0 bridgehead atoms. The fraction of sp³-hybridized carbons (Fsp3) is 0.538. The maximum absolute atomic E-state index is 13.6.